The van der Waals surface area contributed by atoms with Crippen LogP contribution in [0.1, 0.15) is 38.5 Å². The van der Waals surface area contributed by atoms with E-state index < -0.39 is 0 Å². The Balaban J connectivity index is 1.90. The molecule has 2 atom stereocenters. The molecular formula is C12H22NS+. The molecule has 0 aromatic rings. The van der Waals surface area contributed by atoms with Gasteiger partial charge in [-0.05, 0) is 24.5 Å². The first-order chi connectivity index (χ1) is 6.90. The minimum absolute atomic E-state index is 0.914. The lowest BCUT2D eigenvalue weighted by Crippen LogP contribution is -2.34. The fourth-order valence-electron chi connectivity index (χ4n) is 2.93. The Labute approximate surface area is 93.0 Å². The molecule has 0 aromatic heterocycles. The molecule has 0 radical (unpaired) electrons. The van der Waals surface area contributed by atoms with Gasteiger partial charge in [0, 0.05) is 18.8 Å². The SMILES string of the molecule is SCCC[N+]1=CC2CCCCC2CC1. The summed E-state index contributed by atoms with van der Waals surface area (Å²) in [5.74, 6) is 2.96. The summed E-state index contributed by atoms with van der Waals surface area (Å²) in [4.78, 5) is 0. The van der Waals surface area contributed by atoms with Crippen LogP contribution < -0.4 is 0 Å². The lowest BCUT2D eigenvalue weighted by Gasteiger charge is -2.30. The van der Waals surface area contributed by atoms with Gasteiger partial charge in [0.2, 0.25) is 0 Å². The molecule has 2 unspecified atom stereocenters. The van der Waals surface area contributed by atoms with E-state index in [9.17, 15) is 0 Å². The van der Waals surface area contributed by atoms with E-state index in [0.29, 0.717) is 0 Å². The maximum atomic E-state index is 4.27. The van der Waals surface area contributed by atoms with Gasteiger partial charge in [-0.3, -0.25) is 0 Å². The van der Waals surface area contributed by atoms with Gasteiger partial charge in [-0.15, -0.1) is 0 Å². The van der Waals surface area contributed by atoms with Crippen LogP contribution in [0, 0.1) is 11.8 Å². The number of thiol groups is 1. The quantitative estimate of drug-likeness (QED) is 0.541. The maximum Gasteiger partial charge on any atom is 0.143 e. The molecule has 1 heterocycles. The third kappa shape index (κ3) is 2.53. The van der Waals surface area contributed by atoms with Gasteiger partial charge in [0.15, 0.2) is 0 Å². The number of nitrogens with zero attached hydrogens (tertiary/aromatic N) is 1. The van der Waals surface area contributed by atoms with Crippen LogP contribution in [0.4, 0.5) is 0 Å². The zero-order valence-corrected chi connectivity index (χ0v) is 9.88. The van der Waals surface area contributed by atoms with Crippen LogP contribution in [0.5, 0.6) is 0 Å². The fraction of sp³-hybridized carbons (Fsp3) is 0.917. The molecule has 1 aliphatic carbocycles. The topological polar surface area (TPSA) is 3.01 Å². The van der Waals surface area contributed by atoms with Crippen molar-refractivity contribution in [3.8, 4) is 0 Å². The Morgan fingerprint density at radius 1 is 1.21 bits per heavy atom. The summed E-state index contributed by atoms with van der Waals surface area (Å²) in [5.41, 5.74) is 0. The molecule has 1 fully saturated rings. The van der Waals surface area contributed by atoms with Crippen LogP contribution in [0.3, 0.4) is 0 Å². The molecule has 1 nitrogen and oxygen atoms in total. The first-order valence-electron chi connectivity index (χ1n) is 6.10. The minimum Gasteiger partial charge on any atom is -0.239 e. The van der Waals surface area contributed by atoms with Crippen LogP contribution in [-0.2, 0) is 0 Å². The lowest BCUT2D eigenvalue weighted by atomic mass is 9.76. The maximum absolute atomic E-state index is 4.27. The summed E-state index contributed by atoms with van der Waals surface area (Å²) in [6.45, 7) is 2.53. The molecule has 0 N–H and O–H groups in total. The number of rotatable bonds is 3. The second-order valence-electron chi connectivity index (χ2n) is 4.76. The van der Waals surface area contributed by atoms with Crippen LogP contribution in [0.2, 0.25) is 0 Å². The summed E-state index contributed by atoms with van der Waals surface area (Å²) >= 11 is 4.27. The van der Waals surface area contributed by atoms with Crippen molar-refractivity contribution in [2.24, 2.45) is 11.8 Å². The first kappa shape index (κ1) is 10.5. The third-order valence-corrected chi connectivity index (χ3v) is 4.08. The highest BCUT2D eigenvalue weighted by atomic mass is 32.1. The Morgan fingerprint density at radius 3 is 2.93 bits per heavy atom. The van der Waals surface area contributed by atoms with E-state index in [1.54, 1.807) is 0 Å². The number of hydrogen-bond donors (Lipinski definition) is 1. The van der Waals surface area contributed by atoms with Crippen LogP contribution in [0.15, 0.2) is 0 Å². The summed E-state index contributed by atoms with van der Waals surface area (Å²) < 4.78 is 2.54. The van der Waals surface area contributed by atoms with E-state index in [2.05, 4.69) is 23.4 Å². The standard InChI is InChI=1S/C12H21NS/c14-9-3-7-13-8-6-11-4-1-2-5-12(11)10-13/h10-12H,1-9H2/p+1. The van der Waals surface area contributed by atoms with E-state index in [1.807, 2.05) is 0 Å². The highest BCUT2D eigenvalue weighted by molar-refractivity contribution is 7.80. The summed E-state index contributed by atoms with van der Waals surface area (Å²) in [5, 5.41) is 0. The molecule has 14 heavy (non-hydrogen) atoms. The Bertz CT molecular complexity index is 212. The summed E-state index contributed by atoms with van der Waals surface area (Å²) in [7, 11) is 0. The molecule has 2 rings (SSSR count). The van der Waals surface area contributed by atoms with E-state index in [4.69, 9.17) is 0 Å². The largest absolute Gasteiger partial charge is 0.239 e. The van der Waals surface area contributed by atoms with Gasteiger partial charge in [-0.2, -0.15) is 12.6 Å². The normalized spacial score (nSPS) is 32.2. The lowest BCUT2D eigenvalue weighted by molar-refractivity contribution is -0.532. The monoisotopic (exact) mass is 212 g/mol. The summed E-state index contributed by atoms with van der Waals surface area (Å²) in [6.07, 6.45) is 11.1. The predicted molar refractivity (Wildman–Crippen MR) is 64.6 cm³/mol. The summed E-state index contributed by atoms with van der Waals surface area (Å²) in [6, 6.07) is 0. The highest BCUT2D eigenvalue weighted by Crippen LogP contribution is 2.32. The van der Waals surface area contributed by atoms with Gasteiger partial charge in [0.05, 0.1) is 0 Å². The van der Waals surface area contributed by atoms with Crippen LogP contribution >= 0.6 is 12.6 Å². The number of hydrogen-bond acceptors (Lipinski definition) is 1. The van der Waals surface area contributed by atoms with E-state index in [-0.39, 0.29) is 0 Å². The molecule has 0 amide bonds. The fourth-order valence-corrected chi connectivity index (χ4v) is 3.07. The van der Waals surface area contributed by atoms with Crippen molar-refractivity contribution < 1.29 is 4.58 Å². The predicted octanol–water partition coefficient (Wildman–Crippen LogP) is 2.60. The van der Waals surface area contributed by atoms with Gasteiger partial charge in [-0.1, -0.05) is 12.8 Å². The molecule has 0 bridgehead atoms. The molecule has 0 aromatic carbocycles. The van der Waals surface area contributed by atoms with Gasteiger partial charge < -0.3 is 0 Å². The molecule has 0 saturated heterocycles. The second-order valence-corrected chi connectivity index (χ2v) is 5.21. The highest BCUT2D eigenvalue weighted by Gasteiger charge is 2.30. The molecule has 1 aliphatic heterocycles. The molecule has 80 valence electrons. The van der Waals surface area contributed by atoms with Gasteiger partial charge in [-0.25, -0.2) is 4.58 Å². The van der Waals surface area contributed by atoms with E-state index >= 15 is 0 Å². The average molecular weight is 212 g/mol. The Kier molecular flexibility index (Phi) is 3.91. The van der Waals surface area contributed by atoms with Crippen molar-refractivity contribution in [1.29, 1.82) is 0 Å². The van der Waals surface area contributed by atoms with Gasteiger partial charge in [0.1, 0.15) is 19.3 Å². The number of fused-ring (bicyclic) bond motifs is 1. The molecule has 2 aliphatic rings. The van der Waals surface area contributed by atoms with Crippen molar-refractivity contribution in [1.82, 2.24) is 0 Å². The Morgan fingerprint density at radius 2 is 2.07 bits per heavy atom. The van der Waals surface area contributed by atoms with Gasteiger partial charge >= 0.3 is 0 Å². The van der Waals surface area contributed by atoms with Crippen molar-refractivity contribution in [3.05, 3.63) is 0 Å². The van der Waals surface area contributed by atoms with Crippen molar-refractivity contribution in [2.75, 3.05) is 18.8 Å². The second kappa shape index (κ2) is 5.20. The van der Waals surface area contributed by atoms with Crippen LogP contribution in [-0.4, -0.2) is 29.6 Å². The van der Waals surface area contributed by atoms with E-state index in [0.717, 1.165) is 17.6 Å². The van der Waals surface area contributed by atoms with Crippen molar-refractivity contribution in [2.45, 2.75) is 38.5 Å². The Hall–Kier alpha value is 0.0200. The molecule has 2 heteroatoms. The molecule has 0 spiro atoms. The molecule has 1 saturated carbocycles. The van der Waals surface area contributed by atoms with Crippen LogP contribution in [0.25, 0.3) is 0 Å². The smallest absolute Gasteiger partial charge is 0.143 e. The zero-order chi connectivity index (χ0) is 9.80. The average Bonchev–Trinajstić information content (AvgIpc) is 2.26. The first-order valence-corrected chi connectivity index (χ1v) is 6.73. The van der Waals surface area contributed by atoms with Crippen molar-refractivity contribution >= 4 is 18.8 Å². The van der Waals surface area contributed by atoms with Crippen molar-refractivity contribution in [3.63, 3.8) is 0 Å². The van der Waals surface area contributed by atoms with E-state index in [1.165, 1.54) is 51.6 Å². The minimum atomic E-state index is 0.914. The third-order valence-electron chi connectivity index (χ3n) is 3.76. The molecular weight excluding hydrogens is 190 g/mol. The zero-order valence-electron chi connectivity index (χ0n) is 8.99. The van der Waals surface area contributed by atoms with Gasteiger partial charge in [0.25, 0.3) is 0 Å².